The van der Waals surface area contributed by atoms with Gasteiger partial charge in [-0.25, -0.2) is 9.97 Å². The summed E-state index contributed by atoms with van der Waals surface area (Å²) in [5, 5.41) is 2.97. The number of amides is 1. The van der Waals surface area contributed by atoms with E-state index in [0.29, 0.717) is 12.8 Å². The van der Waals surface area contributed by atoms with E-state index < -0.39 is 0 Å². The van der Waals surface area contributed by atoms with E-state index in [2.05, 4.69) is 53.8 Å². The Bertz CT molecular complexity index is 1230. The quantitative estimate of drug-likeness (QED) is 0.492. The van der Waals surface area contributed by atoms with Gasteiger partial charge < -0.3 is 19.5 Å². The molecule has 4 heterocycles. The van der Waals surface area contributed by atoms with Gasteiger partial charge in [0.05, 0.1) is 17.6 Å². The summed E-state index contributed by atoms with van der Waals surface area (Å²) in [5.74, 6) is 0.924. The third-order valence-electron chi connectivity index (χ3n) is 6.17. The maximum atomic E-state index is 12.5. The van der Waals surface area contributed by atoms with E-state index in [1.54, 1.807) is 6.20 Å². The molecule has 1 amide bonds. The fourth-order valence-electron chi connectivity index (χ4n) is 4.40. The van der Waals surface area contributed by atoms with Crippen molar-refractivity contribution in [1.82, 2.24) is 14.4 Å². The predicted molar refractivity (Wildman–Crippen MR) is 132 cm³/mol. The van der Waals surface area contributed by atoms with E-state index in [-0.39, 0.29) is 5.91 Å². The molecule has 0 saturated carbocycles. The number of fused-ring (bicyclic) bond motifs is 1. The van der Waals surface area contributed by atoms with Crippen molar-refractivity contribution in [3.8, 4) is 0 Å². The lowest BCUT2D eigenvalue weighted by molar-refractivity contribution is -0.116. The van der Waals surface area contributed by atoms with Gasteiger partial charge in [-0.1, -0.05) is 24.3 Å². The molecule has 1 saturated heterocycles. The first-order chi connectivity index (χ1) is 16.2. The topological polar surface area (TPSA) is 65.8 Å². The van der Waals surface area contributed by atoms with Crippen LogP contribution >= 0.6 is 0 Å². The SMILES string of the molecule is Cc1nc2ccccn2c1CCC(=O)Nc1ccc(N2CCN(c3ccccc3)CC2)nc1. The van der Waals surface area contributed by atoms with Gasteiger partial charge in [0.15, 0.2) is 0 Å². The molecule has 1 N–H and O–H groups in total. The molecule has 0 bridgehead atoms. The summed E-state index contributed by atoms with van der Waals surface area (Å²) in [7, 11) is 0. The summed E-state index contributed by atoms with van der Waals surface area (Å²) in [6.07, 6.45) is 4.77. The minimum Gasteiger partial charge on any atom is -0.368 e. The number of aryl methyl sites for hydroxylation is 2. The molecule has 5 rings (SSSR count). The molecule has 1 aliphatic heterocycles. The van der Waals surface area contributed by atoms with Crippen molar-refractivity contribution >= 4 is 28.7 Å². The van der Waals surface area contributed by atoms with Gasteiger partial charge in [0, 0.05) is 50.2 Å². The van der Waals surface area contributed by atoms with Gasteiger partial charge in [0.2, 0.25) is 5.91 Å². The van der Waals surface area contributed by atoms with Crippen LogP contribution in [-0.2, 0) is 11.2 Å². The first-order valence-electron chi connectivity index (χ1n) is 11.4. The Labute approximate surface area is 193 Å². The number of benzene rings is 1. The van der Waals surface area contributed by atoms with E-state index in [1.165, 1.54) is 5.69 Å². The second kappa shape index (κ2) is 9.32. The van der Waals surface area contributed by atoms with Crippen molar-refractivity contribution in [2.45, 2.75) is 19.8 Å². The minimum atomic E-state index is -0.0219. The van der Waals surface area contributed by atoms with E-state index in [1.807, 2.05) is 49.5 Å². The van der Waals surface area contributed by atoms with Crippen LogP contribution in [0.15, 0.2) is 73.1 Å². The van der Waals surface area contributed by atoms with Gasteiger partial charge in [-0.2, -0.15) is 0 Å². The normalized spacial score (nSPS) is 14.0. The van der Waals surface area contributed by atoms with E-state index in [0.717, 1.165) is 54.7 Å². The zero-order valence-corrected chi connectivity index (χ0v) is 18.8. The molecule has 33 heavy (non-hydrogen) atoms. The standard InChI is InChI=1S/C26H28N6O/c1-20-23(32-14-6-5-9-25(32)28-20)11-13-26(33)29-21-10-12-24(27-19-21)31-17-15-30(16-18-31)22-7-3-2-4-8-22/h2-10,12,14,19H,11,13,15-18H2,1H3,(H,29,33). The largest absolute Gasteiger partial charge is 0.368 e. The first kappa shape index (κ1) is 21.0. The van der Waals surface area contributed by atoms with Crippen LogP contribution in [0, 0.1) is 6.92 Å². The van der Waals surface area contributed by atoms with Crippen molar-refractivity contribution in [3.63, 3.8) is 0 Å². The Hall–Kier alpha value is -3.87. The Morgan fingerprint density at radius 3 is 2.45 bits per heavy atom. The number of pyridine rings is 2. The fraction of sp³-hybridized carbons (Fsp3) is 0.269. The van der Waals surface area contributed by atoms with Crippen molar-refractivity contribution in [2.75, 3.05) is 41.3 Å². The van der Waals surface area contributed by atoms with Crippen molar-refractivity contribution < 1.29 is 4.79 Å². The van der Waals surface area contributed by atoms with Gasteiger partial charge in [0.1, 0.15) is 11.5 Å². The molecule has 0 unspecified atom stereocenters. The van der Waals surface area contributed by atoms with Gasteiger partial charge in [-0.05, 0) is 49.7 Å². The van der Waals surface area contributed by atoms with Crippen LogP contribution in [0.5, 0.6) is 0 Å². The maximum Gasteiger partial charge on any atom is 0.224 e. The average molecular weight is 441 g/mol. The lowest BCUT2D eigenvalue weighted by atomic mass is 10.2. The van der Waals surface area contributed by atoms with Crippen LogP contribution in [0.1, 0.15) is 17.8 Å². The summed E-state index contributed by atoms with van der Waals surface area (Å²) >= 11 is 0. The zero-order chi connectivity index (χ0) is 22.6. The van der Waals surface area contributed by atoms with Crippen LogP contribution in [-0.4, -0.2) is 46.5 Å². The van der Waals surface area contributed by atoms with Crippen LogP contribution in [0.25, 0.3) is 5.65 Å². The number of nitrogens with one attached hydrogen (secondary N) is 1. The lowest BCUT2D eigenvalue weighted by Gasteiger charge is -2.36. The average Bonchev–Trinajstić information content (AvgIpc) is 3.19. The number of anilines is 3. The van der Waals surface area contributed by atoms with Crippen molar-refractivity contribution in [3.05, 3.63) is 84.4 Å². The number of carbonyl (C=O) groups is 1. The highest BCUT2D eigenvalue weighted by atomic mass is 16.1. The molecule has 3 aromatic heterocycles. The number of piperazine rings is 1. The monoisotopic (exact) mass is 440 g/mol. The maximum absolute atomic E-state index is 12.5. The number of imidazole rings is 1. The van der Waals surface area contributed by atoms with E-state index >= 15 is 0 Å². The molecule has 1 aliphatic rings. The molecule has 0 spiro atoms. The molecule has 7 nitrogen and oxygen atoms in total. The summed E-state index contributed by atoms with van der Waals surface area (Å²) in [5.41, 5.74) is 4.94. The Morgan fingerprint density at radius 1 is 0.939 bits per heavy atom. The van der Waals surface area contributed by atoms with Crippen LogP contribution < -0.4 is 15.1 Å². The van der Waals surface area contributed by atoms with Crippen LogP contribution in [0.2, 0.25) is 0 Å². The smallest absolute Gasteiger partial charge is 0.224 e. The van der Waals surface area contributed by atoms with Crippen molar-refractivity contribution in [1.29, 1.82) is 0 Å². The van der Waals surface area contributed by atoms with Gasteiger partial charge in [-0.15, -0.1) is 0 Å². The summed E-state index contributed by atoms with van der Waals surface area (Å²) in [6, 6.07) is 20.4. The van der Waals surface area contributed by atoms with Crippen LogP contribution in [0.4, 0.5) is 17.2 Å². The molecular formula is C26H28N6O. The number of para-hydroxylation sites is 1. The molecule has 4 aromatic rings. The molecule has 168 valence electrons. The number of rotatable bonds is 6. The van der Waals surface area contributed by atoms with Gasteiger partial charge in [-0.3, -0.25) is 4.79 Å². The third-order valence-corrected chi connectivity index (χ3v) is 6.17. The number of nitrogens with zero attached hydrogens (tertiary/aromatic N) is 5. The molecule has 0 atom stereocenters. The minimum absolute atomic E-state index is 0.0219. The summed E-state index contributed by atoms with van der Waals surface area (Å²) in [6.45, 7) is 5.76. The Kier molecular flexibility index (Phi) is 5.93. The molecule has 1 fully saturated rings. The Balaban J connectivity index is 1.14. The second-order valence-corrected chi connectivity index (χ2v) is 8.34. The van der Waals surface area contributed by atoms with E-state index in [4.69, 9.17) is 0 Å². The predicted octanol–water partition coefficient (Wildman–Crippen LogP) is 3.94. The summed E-state index contributed by atoms with van der Waals surface area (Å²) < 4.78 is 2.05. The second-order valence-electron chi connectivity index (χ2n) is 8.34. The fourth-order valence-corrected chi connectivity index (χ4v) is 4.40. The first-order valence-corrected chi connectivity index (χ1v) is 11.4. The zero-order valence-electron chi connectivity index (χ0n) is 18.8. The molecule has 0 radical (unpaired) electrons. The highest BCUT2D eigenvalue weighted by Gasteiger charge is 2.18. The van der Waals surface area contributed by atoms with Gasteiger partial charge in [0.25, 0.3) is 0 Å². The molecule has 1 aromatic carbocycles. The van der Waals surface area contributed by atoms with Crippen LogP contribution in [0.3, 0.4) is 0 Å². The molecule has 0 aliphatic carbocycles. The van der Waals surface area contributed by atoms with Gasteiger partial charge >= 0.3 is 0 Å². The highest BCUT2D eigenvalue weighted by molar-refractivity contribution is 5.90. The van der Waals surface area contributed by atoms with E-state index in [9.17, 15) is 4.79 Å². The Morgan fingerprint density at radius 2 is 1.70 bits per heavy atom. The van der Waals surface area contributed by atoms with Crippen molar-refractivity contribution in [2.24, 2.45) is 0 Å². The summed E-state index contributed by atoms with van der Waals surface area (Å²) in [4.78, 5) is 26.4. The highest BCUT2D eigenvalue weighted by Crippen LogP contribution is 2.20. The third kappa shape index (κ3) is 4.67. The lowest BCUT2D eigenvalue weighted by Crippen LogP contribution is -2.46. The number of carbonyl (C=O) groups excluding carboxylic acids is 1. The molecular weight excluding hydrogens is 412 g/mol. The number of aromatic nitrogens is 3. The number of hydrogen-bond donors (Lipinski definition) is 1. The number of hydrogen-bond acceptors (Lipinski definition) is 5. The molecule has 7 heteroatoms.